The lowest BCUT2D eigenvalue weighted by Gasteiger charge is -2.14. The van der Waals surface area contributed by atoms with Crippen LogP contribution < -0.4 is 4.74 Å². The zero-order chi connectivity index (χ0) is 19.9. The highest BCUT2D eigenvalue weighted by molar-refractivity contribution is 6.30. The number of nitrogens with zero attached hydrogens (tertiary/aromatic N) is 3. The van der Waals surface area contributed by atoms with Crippen molar-refractivity contribution in [3.8, 4) is 17.1 Å². The molecule has 0 radical (unpaired) electrons. The lowest BCUT2D eigenvalue weighted by atomic mass is 10.1. The fraction of sp³-hybridized carbons (Fsp3) is 0.286. The summed E-state index contributed by atoms with van der Waals surface area (Å²) < 4.78 is 10.7. The van der Waals surface area contributed by atoms with Crippen molar-refractivity contribution in [2.45, 2.75) is 26.3 Å². The normalized spacial score (nSPS) is 10.7. The molecule has 1 aromatic heterocycles. The lowest BCUT2D eigenvalue weighted by Crippen LogP contribution is -2.26. The highest BCUT2D eigenvalue weighted by Crippen LogP contribution is 2.20. The molecule has 0 saturated heterocycles. The number of benzene rings is 2. The maximum Gasteiger partial charge on any atom is 0.246 e. The van der Waals surface area contributed by atoms with Gasteiger partial charge in [-0.25, -0.2) is 0 Å². The summed E-state index contributed by atoms with van der Waals surface area (Å²) in [5, 5.41) is 4.69. The Bertz CT molecular complexity index is 907. The van der Waals surface area contributed by atoms with E-state index in [4.69, 9.17) is 20.9 Å². The molecule has 0 unspecified atom stereocenters. The van der Waals surface area contributed by atoms with Gasteiger partial charge in [-0.3, -0.25) is 4.79 Å². The van der Waals surface area contributed by atoms with E-state index < -0.39 is 0 Å². The molecule has 2 aromatic carbocycles. The van der Waals surface area contributed by atoms with Crippen molar-refractivity contribution in [1.29, 1.82) is 0 Å². The lowest BCUT2D eigenvalue weighted by molar-refractivity contribution is -0.130. The van der Waals surface area contributed by atoms with Gasteiger partial charge in [0.2, 0.25) is 17.6 Å². The molecule has 1 amide bonds. The third kappa shape index (κ3) is 5.33. The minimum Gasteiger partial charge on any atom is -0.494 e. The number of hydrogen-bond donors (Lipinski definition) is 0. The van der Waals surface area contributed by atoms with Crippen molar-refractivity contribution in [2.24, 2.45) is 0 Å². The number of ether oxygens (including phenoxy) is 1. The number of rotatable bonds is 8. The molecule has 7 heteroatoms. The molecule has 0 spiro atoms. The van der Waals surface area contributed by atoms with E-state index in [0.717, 1.165) is 16.9 Å². The molecule has 0 bridgehead atoms. The van der Waals surface area contributed by atoms with Gasteiger partial charge in [-0.1, -0.05) is 28.9 Å². The first kappa shape index (κ1) is 19.9. The molecule has 146 valence electrons. The van der Waals surface area contributed by atoms with Crippen molar-refractivity contribution >= 4 is 17.5 Å². The average Bonchev–Trinajstić information content (AvgIpc) is 3.16. The second kappa shape index (κ2) is 9.37. The number of aromatic nitrogens is 2. The molecule has 0 fully saturated rings. The summed E-state index contributed by atoms with van der Waals surface area (Å²) in [5.41, 5.74) is 1.90. The molecule has 0 atom stereocenters. The van der Waals surface area contributed by atoms with Crippen LogP contribution in [0.2, 0.25) is 5.02 Å². The fourth-order valence-corrected chi connectivity index (χ4v) is 2.81. The molecular formula is C21H22ClN3O3. The molecule has 0 saturated carbocycles. The quantitative estimate of drug-likeness (QED) is 0.562. The fourth-order valence-electron chi connectivity index (χ4n) is 2.69. The summed E-state index contributed by atoms with van der Waals surface area (Å²) in [4.78, 5) is 18.3. The molecule has 0 N–H and O–H groups in total. The second-order valence-corrected chi connectivity index (χ2v) is 6.78. The van der Waals surface area contributed by atoms with Crippen LogP contribution in [0.25, 0.3) is 11.4 Å². The Balaban J connectivity index is 1.54. The molecule has 1 heterocycles. The van der Waals surface area contributed by atoms with Crippen LogP contribution >= 0.6 is 11.6 Å². The van der Waals surface area contributed by atoms with Crippen molar-refractivity contribution < 1.29 is 14.1 Å². The summed E-state index contributed by atoms with van der Waals surface area (Å²) in [6, 6.07) is 15.0. The Morgan fingerprint density at radius 3 is 2.54 bits per heavy atom. The zero-order valence-corrected chi connectivity index (χ0v) is 16.6. The van der Waals surface area contributed by atoms with Gasteiger partial charge in [-0.05, 0) is 55.3 Å². The maximum absolute atomic E-state index is 12.4. The zero-order valence-electron chi connectivity index (χ0n) is 15.9. The van der Waals surface area contributed by atoms with Crippen LogP contribution in [-0.4, -0.2) is 34.6 Å². The Kier molecular flexibility index (Phi) is 6.66. The monoisotopic (exact) mass is 399 g/mol. The van der Waals surface area contributed by atoms with Gasteiger partial charge in [-0.15, -0.1) is 0 Å². The first-order chi connectivity index (χ1) is 13.5. The minimum atomic E-state index is 0.00997. The number of hydrogen-bond acceptors (Lipinski definition) is 5. The predicted molar refractivity (Wildman–Crippen MR) is 107 cm³/mol. The summed E-state index contributed by atoms with van der Waals surface area (Å²) in [6.07, 6.45) is 1.06. The van der Waals surface area contributed by atoms with Gasteiger partial charge in [0, 0.05) is 24.1 Å². The Morgan fingerprint density at radius 2 is 1.86 bits per heavy atom. The number of carbonyl (C=O) groups is 1. The first-order valence-corrected chi connectivity index (χ1v) is 9.47. The SMILES string of the molecule is CCOc1ccc(-c2noc(CN(C)C(=O)CCc3ccc(Cl)cc3)n2)cc1. The van der Waals surface area contributed by atoms with Crippen LogP contribution in [0.1, 0.15) is 24.8 Å². The molecule has 6 nitrogen and oxygen atoms in total. The van der Waals surface area contributed by atoms with Crippen LogP contribution in [0.15, 0.2) is 53.1 Å². The summed E-state index contributed by atoms with van der Waals surface area (Å²) in [6.45, 7) is 2.82. The molecule has 0 aliphatic rings. The van der Waals surface area contributed by atoms with Gasteiger partial charge < -0.3 is 14.2 Å². The highest BCUT2D eigenvalue weighted by atomic mass is 35.5. The largest absolute Gasteiger partial charge is 0.494 e. The second-order valence-electron chi connectivity index (χ2n) is 6.35. The summed E-state index contributed by atoms with van der Waals surface area (Å²) in [7, 11) is 1.73. The first-order valence-electron chi connectivity index (χ1n) is 9.09. The van der Waals surface area contributed by atoms with E-state index in [-0.39, 0.29) is 12.5 Å². The Morgan fingerprint density at radius 1 is 1.14 bits per heavy atom. The third-order valence-electron chi connectivity index (χ3n) is 4.23. The van der Waals surface area contributed by atoms with Crippen molar-refractivity contribution in [3.63, 3.8) is 0 Å². The van der Waals surface area contributed by atoms with Gasteiger partial charge in [0.05, 0.1) is 13.2 Å². The van der Waals surface area contributed by atoms with E-state index >= 15 is 0 Å². The van der Waals surface area contributed by atoms with Crippen molar-refractivity contribution in [1.82, 2.24) is 15.0 Å². The smallest absolute Gasteiger partial charge is 0.246 e. The van der Waals surface area contributed by atoms with E-state index in [1.807, 2.05) is 55.5 Å². The number of halogens is 1. The van der Waals surface area contributed by atoms with E-state index in [1.54, 1.807) is 11.9 Å². The van der Waals surface area contributed by atoms with Gasteiger partial charge >= 0.3 is 0 Å². The standard InChI is InChI=1S/C21H22ClN3O3/c1-3-27-18-11-7-16(8-12-18)21-23-19(28-24-21)14-25(2)20(26)13-6-15-4-9-17(22)10-5-15/h4-5,7-12H,3,6,13-14H2,1-2H3. The molecule has 28 heavy (non-hydrogen) atoms. The van der Waals surface area contributed by atoms with E-state index in [2.05, 4.69) is 10.1 Å². The Hall–Kier alpha value is -2.86. The minimum absolute atomic E-state index is 0.00997. The molecule has 0 aliphatic carbocycles. The molecular weight excluding hydrogens is 378 g/mol. The number of amides is 1. The topological polar surface area (TPSA) is 68.5 Å². The van der Waals surface area contributed by atoms with Crippen LogP contribution in [0.3, 0.4) is 0 Å². The van der Waals surface area contributed by atoms with Gasteiger partial charge in [0.1, 0.15) is 5.75 Å². The van der Waals surface area contributed by atoms with Crippen LogP contribution in [0, 0.1) is 0 Å². The summed E-state index contributed by atoms with van der Waals surface area (Å²) >= 11 is 5.88. The highest BCUT2D eigenvalue weighted by Gasteiger charge is 2.15. The van der Waals surface area contributed by atoms with Crippen molar-refractivity contribution in [3.05, 3.63) is 65.0 Å². The van der Waals surface area contributed by atoms with E-state index in [9.17, 15) is 4.79 Å². The molecule has 3 aromatic rings. The number of aryl methyl sites for hydroxylation is 1. The van der Waals surface area contributed by atoms with Crippen LogP contribution in [-0.2, 0) is 17.8 Å². The number of carbonyl (C=O) groups excluding carboxylic acids is 1. The van der Waals surface area contributed by atoms with Gasteiger partial charge in [-0.2, -0.15) is 4.98 Å². The molecule has 0 aliphatic heterocycles. The van der Waals surface area contributed by atoms with Crippen LogP contribution in [0.5, 0.6) is 5.75 Å². The average molecular weight is 400 g/mol. The maximum atomic E-state index is 12.4. The summed E-state index contributed by atoms with van der Waals surface area (Å²) in [5.74, 6) is 1.68. The predicted octanol–water partition coefficient (Wildman–Crippen LogP) is 4.38. The van der Waals surface area contributed by atoms with Crippen molar-refractivity contribution in [2.75, 3.05) is 13.7 Å². The Labute approximate surface area is 169 Å². The van der Waals surface area contributed by atoms with E-state index in [1.165, 1.54) is 0 Å². The van der Waals surface area contributed by atoms with Gasteiger partial charge in [0.25, 0.3) is 0 Å². The van der Waals surface area contributed by atoms with E-state index in [0.29, 0.717) is 36.2 Å². The third-order valence-corrected chi connectivity index (χ3v) is 4.48. The van der Waals surface area contributed by atoms with Gasteiger partial charge in [0.15, 0.2) is 0 Å². The molecule has 3 rings (SSSR count). The van der Waals surface area contributed by atoms with Crippen LogP contribution in [0.4, 0.5) is 0 Å².